The summed E-state index contributed by atoms with van der Waals surface area (Å²) in [6, 6.07) is 0.332. The van der Waals surface area contributed by atoms with Gasteiger partial charge in [-0.25, -0.2) is 4.98 Å². The van der Waals surface area contributed by atoms with E-state index in [1.807, 2.05) is 0 Å². The molecule has 0 saturated heterocycles. The minimum atomic E-state index is 0.0214. The Morgan fingerprint density at radius 3 is 2.88 bits per heavy atom. The van der Waals surface area contributed by atoms with Crippen molar-refractivity contribution in [3.05, 3.63) is 27.1 Å². The molecular formula is C18H23N3O2S. The summed E-state index contributed by atoms with van der Waals surface area (Å²) < 4.78 is 1.61. The van der Waals surface area contributed by atoms with Crippen LogP contribution in [0.1, 0.15) is 55.4 Å². The van der Waals surface area contributed by atoms with Gasteiger partial charge in [0.25, 0.3) is 5.56 Å². The minimum absolute atomic E-state index is 0.0214. The monoisotopic (exact) mass is 345 g/mol. The van der Waals surface area contributed by atoms with Crippen molar-refractivity contribution in [2.24, 2.45) is 0 Å². The molecule has 1 amide bonds. The van der Waals surface area contributed by atoms with E-state index >= 15 is 0 Å². The Labute approximate surface area is 145 Å². The van der Waals surface area contributed by atoms with Crippen LogP contribution in [-0.2, 0) is 24.2 Å². The van der Waals surface area contributed by atoms with Gasteiger partial charge in [-0.15, -0.1) is 11.3 Å². The molecular weight excluding hydrogens is 322 g/mol. The third-order valence-electron chi connectivity index (χ3n) is 5.24. The average molecular weight is 345 g/mol. The second kappa shape index (κ2) is 6.67. The second-order valence-electron chi connectivity index (χ2n) is 6.93. The zero-order valence-corrected chi connectivity index (χ0v) is 14.7. The highest BCUT2D eigenvalue weighted by molar-refractivity contribution is 7.18. The quantitative estimate of drug-likeness (QED) is 0.927. The summed E-state index contributed by atoms with van der Waals surface area (Å²) in [6.45, 7) is 0.408. The highest BCUT2D eigenvalue weighted by atomic mass is 32.1. The van der Waals surface area contributed by atoms with Crippen LogP contribution in [0.4, 0.5) is 0 Å². The molecule has 0 spiro atoms. The Morgan fingerprint density at radius 2 is 2.04 bits per heavy atom. The van der Waals surface area contributed by atoms with Gasteiger partial charge in [0.1, 0.15) is 4.83 Å². The highest BCUT2D eigenvalue weighted by Crippen LogP contribution is 2.33. The number of thiophene rings is 1. The fourth-order valence-corrected chi connectivity index (χ4v) is 5.15. The van der Waals surface area contributed by atoms with Gasteiger partial charge < -0.3 is 5.32 Å². The SMILES string of the molecule is O=C(CCn1cnc2sc3c(c2c1=O)CCCC3)NC1CCCC1. The van der Waals surface area contributed by atoms with Crippen molar-refractivity contribution in [2.45, 2.75) is 70.4 Å². The van der Waals surface area contributed by atoms with Gasteiger partial charge in [0, 0.05) is 23.9 Å². The molecule has 0 unspecified atom stereocenters. The van der Waals surface area contributed by atoms with Crippen LogP contribution >= 0.6 is 11.3 Å². The number of hydrogen-bond donors (Lipinski definition) is 1. The van der Waals surface area contributed by atoms with Crippen LogP contribution in [0.2, 0.25) is 0 Å². The summed E-state index contributed by atoms with van der Waals surface area (Å²) >= 11 is 1.66. The summed E-state index contributed by atoms with van der Waals surface area (Å²) in [6.07, 6.45) is 10.9. The first kappa shape index (κ1) is 15.8. The number of fused-ring (bicyclic) bond motifs is 3. The number of nitrogens with one attached hydrogen (secondary N) is 1. The summed E-state index contributed by atoms with van der Waals surface area (Å²) in [5.41, 5.74) is 1.23. The molecule has 2 aliphatic rings. The maximum atomic E-state index is 12.8. The van der Waals surface area contributed by atoms with E-state index < -0.39 is 0 Å². The van der Waals surface area contributed by atoms with E-state index in [2.05, 4.69) is 10.3 Å². The molecule has 2 aliphatic carbocycles. The van der Waals surface area contributed by atoms with E-state index in [1.54, 1.807) is 22.2 Å². The topological polar surface area (TPSA) is 64.0 Å². The maximum Gasteiger partial charge on any atom is 0.262 e. The van der Waals surface area contributed by atoms with Crippen LogP contribution < -0.4 is 10.9 Å². The van der Waals surface area contributed by atoms with E-state index in [4.69, 9.17) is 0 Å². The molecule has 24 heavy (non-hydrogen) atoms. The Bertz CT molecular complexity index is 818. The number of carbonyl (C=O) groups excluding carboxylic acids is 1. The number of amides is 1. The lowest BCUT2D eigenvalue weighted by Gasteiger charge is -2.12. The molecule has 0 radical (unpaired) electrons. The van der Waals surface area contributed by atoms with Gasteiger partial charge in [-0.3, -0.25) is 14.2 Å². The smallest absolute Gasteiger partial charge is 0.262 e. The zero-order chi connectivity index (χ0) is 16.5. The van der Waals surface area contributed by atoms with Crippen LogP contribution in [-0.4, -0.2) is 21.5 Å². The van der Waals surface area contributed by atoms with Crippen molar-refractivity contribution < 1.29 is 4.79 Å². The van der Waals surface area contributed by atoms with Crippen molar-refractivity contribution in [1.29, 1.82) is 0 Å². The Morgan fingerprint density at radius 1 is 1.25 bits per heavy atom. The van der Waals surface area contributed by atoms with Crippen LogP contribution in [0.3, 0.4) is 0 Å². The van der Waals surface area contributed by atoms with Crippen molar-refractivity contribution >= 4 is 27.5 Å². The zero-order valence-electron chi connectivity index (χ0n) is 13.8. The maximum absolute atomic E-state index is 12.8. The van der Waals surface area contributed by atoms with Gasteiger partial charge in [0.05, 0.1) is 11.7 Å². The first-order valence-electron chi connectivity index (χ1n) is 9.01. The number of rotatable bonds is 4. The summed E-state index contributed by atoms with van der Waals surface area (Å²) in [4.78, 5) is 31.6. The molecule has 0 atom stereocenters. The van der Waals surface area contributed by atoms with Gasteiger partial charge in [-0.2, -0.15) is 0 Å². The predicted octanol–water partition coefficient (Wildman–Crippen LogP) is 2.79. The molecule has 0 aromatic carbocycles. The molecule has 0 aliphatic heterocycles. The molecule has 1 N–H and O–H groups in total. The summed E-state index contributed by atoms with van der Waals surface area (Å²) in [5.74, 6) is 0.0428. The highest BCUT2D eigenvalue weighted by Gasteiger charge is 2.20. The van der Waals surface area contributed by atoms with Gasteiger partial charge in [-0.1, -0.05) is 12.8 Å². The standard InChI is InChI=1S/C18H23N3O2S/c22-15(20-12-5-1-2-6-12)9-10-21-11-19-17-16(18(21)23)13-7-3-4-8-14(13)24-17/h11-12H,1-10H2,(H,20,22). The molecule has 1 fully saturated rings. The third kappa shape index (κ3) is 2.99. The average Bonchev–Trinajstić information content (AvgIpc) is 3.21. The van der Waals surface area contributed by atoms with E-state index in [0.29, 0.717) is 19.0 Å². The lowest BCUT2D eigenvalue weighted by Crippen LogP contribution is -2.34. The van der Waals surface area contributed by atoms with Crippen LogP contribution in [0.25, 0.3) is 10.2 Å². The molecule has 2 heterocycles. The molecule has 2 aromatic heterocycles. The number of carbonyl (C=O) groups is 1. The van der Waals surface area contributed by atoms with E-state index in [1.165, 1.54) is 29.7 Å². The Balaban J connectivity index is 1.51. The van der Waals surface area contributed by atoms with Crippen LogP contribution in [0, 0.1) is 0 Å². The minimum Gasteiger partial charge on any atom is -0.353 e. The first-order valence-corrected chi connectivity index (χ1v) is 9.83. The number of nitrogens with zero attached hydrogens (tertiary/aromatic N) is 2. The molecule has 2 aromatic rings. The molecule has 128 valence electrons. The molecule has 4 rings (SSSR count). The van der Waals surface area contributed by atoms with E-state index in [-0.39, 0.29) is 11.5 Å². The van der Waals surface area contributed by atoms with Gasteiger partial charge in [0.2, 0.25) is 5.91 Å². The van der Waals surface area contributed by atoms with Gasteiger partial charge in [-0.05, 0) is 44.1 Å². The molecule has 1 saturated carbocycles. The molecule has 0 bridgehead atoms. The summed E-state index contributed by atoms with van der Waals surface area (Å²) in [7, 11) is 0. The summed E-state index contributed by atoms with van der Waals surface area (Å²) in [5, 5.41) is 3.88. The number of aryl methyl sites for hydroxylation is 3. The van der Waals surface area contributed by atoms with E-state index in [9.17, 15) is 9.59 Å². The van der Waals surface area contributed by atoms with Crippen molar-refractivity contribution in [2.75, 3.05) is 0 Å². The Hall–Kier alpha value is -1.69. The fraction of sp³-hybridized carbons (Fsp3) is 0.611. The van der Waals surface area contributed by atoms with Crippen LogP contribution in [0.15, 0.2) is 11.1 Å². The van der Waals surface area contributed by atoms with Crippen molar-refractivity contribution in [3.8, 4) is 0 Å². The fourth-order valence-electron chi connectivity index (χ4n) is 3.93. The lowest BCUT2D eigenvalue weighted by atomic mass is 9.97. The second-order valence-corrected chi connectivity index (χ2v) is 8.02. The lowest BCUT2D eigenvalue weighted by molar-refractivity contribution is -0.122. The molecule has 6 heteroatoms. The van der Waals surface area contributed by atoms with Crippen molar-refractivity contribution in [1.82, 2.24) is 14.9 Å². The Kier molecular flexibility index (Phi) is 4.39. The van der Waals surface area contributed by atoms with Gasteiger partial charge >= 0.3 is 0 Å². The van der Waals surface area contributed by atoms with Gasteiger partial charge in [0.15, 0.2) is 0 Å². The number of aromatic nitrogens is 2. The predicted molar refractivity (Wildman–Crippen MR) is 95.5 cm³/mol. The largest absolute Gasteiger partial charge is 0.353 e. The normalized spacial score (nSPS) is 18.0. The first-order chi connectivity index (χ1) is 11.7. The van der Waals surface area contributed by atoms with E-state index in [0.717, 1.165) is 42.3 Å². The third-order valence-corrected chi connectivity index (χ3v) is 6.44. The van der Waals surface area contributed by atoms with Crippen molar-refractivity contribution in [3.63, 3.8) is 0 Å². The molecule has 5 nitrogen and oxygen atoms in total. The van der Waals surface area contributed by atoms with Crippen LogP contribution in [0.5, 0.6) is 0 Å². The number of hydrogen-bond acceptors (Lipinski definition) is 4.